The van der Waals surface area contributed by atoms with Crippen LogP contribution in [0, 0.1) is 5.92 Å². The molecule has 0 aliphatic heterocycles. The minimum atomic E-state index is -1.93. The minimum absolute atomic E-state index is 0.399. The van der Waals surface area contributed by atoms with Gasteiger partial charge in [-0.1, -0.05) is 32.8 Å². The fraction of sp³-hybridized carbons (Fsp3) is 0.818. The summed E-state index contributed by atoms with van der Waals surface area (Å²) >= 11 is 0. The molecule has 0 saturated heterocycles. The van der Waals surface area contributed by atoms with Crippen LogP contribution in [0.15, 0.2) is 12.7 Å². The van der Waals surface area contributed by atoms with Crippen molar-refractivity contribution in [1.29, 1.82) is 0 Å². The van der Waals surface area contributed by atoms with Crippen LogP contribution in [0.2, 0.25) is 0 Å². The molecule has 0 rings (SSSR count). The van der Waals surface area contributed by atoms with Crippen molar-refractivity contribution < 1.29 is 13.6 Å². The molecule has 15 heavy (non-hydrogen) atoms. The summed E-state index contributed by atoms with van der Waals surface area (Å²) in [6.07, 6.45) is 5.73. The van der Waals surface area contributed by atoms with Crippen molar-refractivity contribution in [2.75, 3.05) is 13.2 Å². The third kappa shape index (κ3) is 8.73. The summed E-state index contributed by atoms with van der Waals surface area (Å²) in [7, 11) is -1.93. The second-order valence-electron chi connectivity index (χ2n) is 3.50. The van der Waals surface area contributed by atoms with Gasteiger partial charge in [0.05, 0.1) is 0 Å². The predicted octanol–water partition coefficient (Wildman–Crippen LogP) is 4.08. The maximum Gasteiger partial charge on any atom is 0.697 e. The number of allylic oxidation sites excluding steroid dienone is 1. The lowest BCUT2D eigenvalue weighted by Crippen LogP contribution is -2.05. The van der Waals surface area contributed by atoms with E-state index >= 15 is 0 Å². The highest BCUT2D eigenvalue weighted by Crippen LogP contribution is 2.26. The van der Waals surface area contributed by atoms with Crippen LogP contribution in [-0.4, -0.2) is 13.2 Å². The fourth-order valence-corrected chi connectivity index (χ4v) is 1.76. The van der Waals surface area contributed by atoms with Gasteiger partial charge in [0.1, 0.15) is 13.2 Å². The largest absolute Gasteiger partial charge is 0.697 e. The monoisotopic (exact) mass is 233 g/mol. The van der Waals surface area contributed by atoms with Crippen molar-refractivity contribution in [2.45, 2.75) is 39.5 Å². The lowest BCUT2D eigenvalue weighted by molar-refractivity contribution is 0.193. The molecule has 0 saturated carbocycles. The molecule has 2 unspecified atom stereocenters. The van der Waals surface area contributed by atoms with Gasteiger partial charge in [-0.15, -0.1) is 15.6 Å². The van der Waals surface area contributed by atoms with Crippen LogP contribution in [0.3, 0.4) is 0 Å². The topological polar surface area (TPSA) is 35.5 Å². The van der Waals surface area contributed by atoms with Crippen LogP contribution >= 0.6 is 8.25 Å². The number of hydrogen-bond donors (Lipinski definition) is 0. The highest BCUT2D eigenvalue weighted by atomic mass is 31.1. The third-order valence-corrected chi connectivity index (χ3v) is 2.94. The van der Waals surface area contributed by atoms with Gasteiger partial charge < -0.3 is 0 Å². The average molecular weight is 233 g/mol. The third-order valence-electron chi connectivity index (χ3n) is 2.19. The fourth-order valence-electron chi connectivity index (χ4n) is 1.08. The van der Waals surface area contributed by atoms with E-state index in [4.69, 9.17) is 9.05 Å². The number of rotatable bonds is 10. The summed E-state index contributed by atoms with van der Waals surface area (Å²) in [4.78, 5) is 0. The first-order chi connectivity index (χ1) is 7.24. The van der Waals surface area contributed by atoms with Crippen molar-refractivity contribution in [3.63, 3.8) is 0 Å². The van der Waals surface area contributed by atoms with Gasteiger partial charge in [-0.05, 0) is 18.8 Å². The van der Waals surface area contributed by atoms with Crippen molar-refractivity contribution in [1.82, 2.24) is 0 Å². The van der Waals surface area contributed by atoms with Crippen LogP contribution in [0.5, 0.6) is 0 Å². The van der Waals surface area contributed by atoms with Crippen molar-refractivity contribution in [2.24, 2.45) is 5.92 Å². The Morgan fingerprint density at radius 1 is 1.40 bits per heavy atom. The summed E-state index contributed by atoms with van der Waals surface area (Å²) in [6.45, 7) is 8.83. The molecule has 0 bridgehead atoms. The van der Waals surface area contributed by atoms with Gasteiger partial charge in [-0.3, -0.25) is 0 Å². The molecule has 0 fully saturated rings. The molecule has 88 valence electrons. The second-order valence-corrected chi connectivity index (χ2v) is 4.47. The molecule has 0 radical (unpaired) electrons. The zero-order chi connectivity index (χ0) is 11.5. The SMILES string of the molecule is C=CCC(CC)CO[P+](=O)OCCCC. The summed E-state index contributed by atoms with van der Waals surface area (Å²) in [6, 6.07) is 0. The Labute approximate surface area is 93.8 Å². The van der Waals surface area contributed by atoms with Crippen LogP contribution in [0.1, 0.15) is 39.5 Å². The second kappa shape index (κ2) is 10.3. The normalized spacial score (nSPS) is 13.6. The first-order valence-corrected chi connectivity index (χ1v) is 6.68. The molecule has 0 heterocycles. The molecule has 4 heteroatoms. The van der Waals surface area contributed by atoms with E-state index in [1.165, 1.54) is 0 Å². The van der Waals surface area contributed by atoms with E-state index in [0.29, 0.717) is 19.1 Å². The standard InChI is InChI=1S/C11H22O3P/c1-4-7-9-13-15(12)14-10-11(6-3)8-5-2/h5,11H,2,4,6-10H2,1,3H3/q+1. The highest BCUT2D eigenvalue weighted by Gasteiger charge is 2.21. The van der Waals surface area contributed by atoms with E-state index in [1.54, 1.807) is 0 Å². The number of hydrogen-bond acceptors (Lipinski definition) is 3. The molecule has 0 aromatic rings. The highest BCUT2D eigenvalue weighted by molar-refractivity contribution is 7.33. The quantitative estimate of drug-likeness (QED) is 0.324. The molecular formula is C11H22O3P+. The van der Waals surface area contributed by atoms with E-state index in [9.17, 15) is 4.57 Å². The molecule has 3 nitrogen and oxygen atoms in total. The van der Waals surface area contributed by atoms with Gasteiger partial charge in [-0.25, -0.2) is 0 Å². The van der Waals surface area contributed by atoms with Crippen LogP contribution < -0.4 is 0 Å². The van der Waals surface area contributed by atoms with Crippen molar-refractivity contribution in [3.8, 4) is 0 Å². The molecule has 0 aliphatic rings. The van der Waals surface area contributed by atoms with Gasteiger partial charge in [0.2, 0.25) is 0 Å². The Morgan fingerprint density at radius 3 is 2.67 bits per heavy atom. The maximum atomic E-state index is 11.2. The molecule has 2 atom stereocenters. The summed E-state index contributed by atoms with van der Waals surface area (Å²) in [5.74, 6) is 0.399. The molecule has 0 spiro atoms. The average Bonchev–Trinajstić information content (AvgIpc) is 2.24. The minimum Gasteiger partial charge on any atom is -0.119 e. The van der Waals surface area contributed by atoms with Gasteiger partial charge in [-0.2, -0.15) is 0 Å². The Hall–Kier alpha value is -0.240. The Kier molecular flexibility index (Phi) is 10.1. The first-order valence-electron chi connectivity index (χ1n) is 5.58. The van der Waals surface area contributed by atoms with E-state index in [1.807, 2.05) is 6.08 Å². The van der Waals surface area contributed by atoms with E-state index in [2.05, 4.69) is 20.4 Å². The summed E-state index contributed by atoms with van der Waals surface area (Å²) in [5.41, 5.74) is 0. The van der Waals surface area contributed by atoms with Gasteiger partial charge in [0.15, 0.2) is 0 Å². The maximum absolute atomic E-state index is 11.2. The summed E-state index contributed by atoms with van der Waals surface area (Å²) < 4.78 is 21.4. The smallest absolute Gasteiger partial charge is 0.119 e. The van der Waals surface area contributed by atoms with Crippen molar-refractivity contribution in [3.05, 3.63) is 12.7 Å². The zero-order valence-corrected chi connectivity index (χ0v) is 10.7. The molecule has 0 aromatic heterocycles. The van der Waals surface area contributed by atoms with Gasteiger partial charge in [0, 0.05) is 4.57 Å². The summed E-state index contributed by atoms with van der Waals surface area (Å²) in [5, 5.41) is 0. The lowest BCUT2D eigenvalue weighted by atomic mass is 10.0. The van der Waals surface area contributed by atoms with E-state index in [0.717, 1.165) is 25.7 Å². The van der Waals surface area contributed by atoms with Crippen molar-refractivity contribution >= 4 is 8.25 Å². The Morgan fingerprint density at radius 2 is 2.13 bits per heavy atom. The van der Waals surface area contributed by atoms with Gasteiger partial charge >= 0.3 is 8.25 Å². The van der Waals surface area contributed by atoms with Crippen LogP contribution in [-0.2, 0) is 13.6 Å². The molecular weight excluding hydrogens is 211 g/mol. The van der Waals surface area contributed by atoms with E-state index in [-0.39, 0.29) is 0 Å². The molecule has 0 aromatic carbocycles. The zero-order valence-electron chi connectivity index (χ0n) is 9.78. The van der Waals surface area contributed by atoms with E-state index < -0.39 is 8.25 Å². The molecule has 0 aliphatic carbocycles. The Balaban J connectivity index is 3.54. The first kappa shape index (κ1) is 14.8. The van der Waals surface area contributed by atoms with Crippen LogP contribution in [0.25, 0.3) is 0 Å². The van der Waals surface area contributed by atoms with Gasteiger partial charge in [0.25, 0.3) is 0 Å². The van der Waals surface area contributed by atoms with Crippen LogP contribution in [0.4, 0.5) is 0 Å². The number of unbranched alkanes of at least 4 members (excludes halogenated alkanes) is 1. The lowest BCUT2D eigenvalue weighted by Gasteiger charge is -2.06. The molecule has 0 amide bonds. The molecule has 0 N–H and O–H groups in total. The Bertz CT molecular complexity index is 183. The predicted molar refractivity (Wildman–Crippen MR) is 63.0 cm³/mol.